The maximum atomic E-state index is 5.96. The molecule has 0 aromatic heterocycles. The third-order valence-corrected chi connectivity index (χ3v) is 3.07. The summed E-state index contributed by atoms with van der Waals surface area (Å²) in [4.78, 5) is 1.45. The van der Waals surface area contributed by atoms with Gasteiger partial charge >= 0.3 is 0 Å². The van der Waals surface area contributed by atoms with Crippen LogP contribution in [0.5, 0.6) is 0 Å². The van der Waals surface area contributed by atoms with Crippen molar-refractivity contribution in [2.24, 2.45) is 0 Å². The minimum Gasteiger partial charge on any atom is -0.362 e. The van der Waals surface area contributed by atoms with Crippen LogP contribution in [0, 0.1) is 6.92 Å². The topological polar surface area (TPSA) is 28.5 Å². The van der Waals surface area contributed by atoms with E-state index in [-0.39, 0.29) is 0 Å². The first kappa shape index (κ1) is 15.2. The van der Waals surface area contributed by atoms with Crippen molar-refractivity contribution in [1.82, 2.24) is 5.32 Å². The van der Waals surface area contributed by atoms with Crippen molar-refractivity contribution in [1.29, 1.82) is 0 Å². The van der Waals surface area contributed by atoms with Gasteiger partial charge < -0.3 is 15.5 Å². The molecule has 0 aliphatic rings. The Morgan fingerprint density at radius 3 is 2.78 bits per heavy atom. The normalized spacial score (nSPS) is 10.5. The molecule has 0 aliphatic carbocycles. The fourth-order valence-corrected chi connectivity index (χ4v) is 1.92. The van der Waals surface area contributed by atoms with E-state index in [4.69, 9.17) is 23.8 Å². The van der Waals surface area contributed by atoms with Crippen LogP contribution in [0.3, 0.4) is 0 Å². The van der Waals surface area contributed by atoms with Crippen molar-refractivity contribution in [3.05, 3.63) is 28.8 Å². The Morgan fingerprint density at radius 2 is 2.11 bits per heavy atom. The van der Waals surface area contributed by atoms with Gasteiger partial charge in [0.25, 0.3) is 0 Å². The smallest absolute Gasteiger partial charge is 0.170 e. The van der Waals surface area contributed by atoms with Gasteiger partial charge in [0, 0.05) is 23.7 Å². The van der Waals surface area contributed by atoms with Crippen LogP contribution >= 0.6 is 23.8 Å². The van der Waals surface area contributed by atoms with Crippen LogP contribution in [-0.2, 0) is 0 Å². The van der Waals surface area contributed by atoms with Gasteiger partial charge in [0.2, 0.25) is 0 Å². The second kappa shape index (κ2) is 7.56. The highest BCUT2D eigenvalue weighted by atomic mass is 35.5. The zero-order valence-electron chi connectivity index (χ0n) is 11.1. The molecule has 3 N–H and O–H groups in total. The van der Waals surface area contributed by atoms with E-state index in [0.29, 0.717) is 10.1 Å². The summed E-state index contributed by atoms with van der Waals surface area (Å²) < 4.78 is 0. The monoisotopic (exact) mass is 286 g/mol. The van der Waals surface area contributed by atoms with Crippen LogP contribution < -0.4 is 15.5 Å². The first-order valence-electron chi connectivity index (χ1n) is 6.09. The van der Waals surface area contributed by atoms with Crippen LogP contribution in [-0.4, -0.2) is 32.3 Å². The van der Waals surface area contributed by atoms with E-state index in [1.807, 2.05) is 25.1 Å². The number of anilines is 1. The number of hydrogen-bond acceptors (Lipinski definition) is 1. The molecule has 0 saturated carbocycles. The lowest BCUT2D eigenvalue weighted by Gasteiger charge is -2.13. The van der Waals surface area contributed by atoms with Crippen LogP contribution in [0.25, 0.3) is 0 Å². The highest BCUT2D eigenvalue weighted by Crippen LogP contribution is 2.19. The molecule has 1 aromatic carbocycles. The van der Waals surface area contributed by atoms with E-state index in [1.54, 1.807) is 0 Å². The number of quaternary nitrogens is 1. The van der Waals surface area contributed by atoms with Crippen molar-refractivity contribution in [2.75, 3.05) is 32.5 Å². The number of benzene rings is 1. The fourth-order valence-electron chi connectivity index (χ4n) is 1.54. The van der Waals surface area contributed by atoms with Crippen LogP contribution in [0.4, 0.5) is 5.69 Å². The van der Waals surface area contributed by atoms with Gasteiger partial charge in [-0.1, -0.05) is 17.7 Å². The van der Waals surface area contributed by atoms with E-state index in [0.717, 1.165) is 30.8 Å². The number of nitrogens with one attached hydrogen (secondary N) is 3. The molecule has 18 heavy (non-hydrogen) atoms. The Bertz CT molecular complexity index is 407. The molecule has 0 spiro atoms. The lowest BCUT2D eigenvalue weighted by Crippen LogP contribution is -3.05. The van der Waals surface area contributed by atoms with Gasteiger partial charge in [-0.15, -0.1) is 0 Å². The standard InChI is InChI=1S/C13H20ClN3S/c1-10-5-6-11(14)9-12(10)16-13(18)15-7-4-8-17(2)3/h5-6,9H,4,7-8H2,1-3H3,(H2,15,16,18)/p+1. The van der Waals surface area contributed by atoms with E-state index in [9.17, 15) is 0 Å². The molecular weight excluding hydrogens is 266 g/mol. The Morgan fingerprint density at radius 1 is 1.39 bits per heavy atom. The molecule has 0 bridgehead atoms. The van der Waals surface area contributed by atoms with Gasteiger partial charge in [-0.05, 0) is 36.8 Å². The molecule has 0 amide bonds. The molecule has 5 heteroatoms. The summed E-state index contributed by atoms with van der Waals surface area (Å²) in [5.74, 6) is 0. The number of halogens is 1. The van der Waals surface area contributed by atoms with Gasteiger partial charge in [-0.2, -0.15) is 0 Å². The van der Waals surface area contributed by atoms with Gasteiger partial charge in [-0.25, -0.2) is 0 Å². The van der Waals surface area contributed by atoms with Gasteiger partial charge in [-0.3, -0.25) is 0 Å². The van der Waals surface area contributed by atoms with Crippen LogP contribution in [0.1, 0.15) is 12.0 Å². The predicted molar refractivity (Wildman–Crippen MR) is 82.7 cm³/mol. The molecule has 0 aliphatic heterocycles. The number of thiocarbonyl (C=S) groups is 1. The predicted octanol–water partition coefficient (Wildman–Crippen LogP) is 1.47. The number of hydrogen-bond donors (Lipinski definition) is 3. The third kappa shape index (κ3) is 5.67. The Hall–Kier alpha value is -0.840. The summed E-state index contributed by atoms with van der Waals surface area (Å²) in [6.07, 6.45) is 1.10. The Kier molecular flexibility index (Phi) is 6.39. The van der Waals surface area contributed by atoms with Gasteiger partial charge in [0.05, 0.1) is 20.6 Å². The Balaban J connectivity index is 2.38. The molecule has 3 nitrogen and oxygen atoms in total. The van der Waals surface area contributed by atoms with E-state index in [1.165, 1.54) is 4.90 Å². The van der Waals surface area contributed by atoms with E-state index >= 15 is 0 Å². The second-order valence-electron chi connectivity index (χ2n) is 4.65. The van der Waals surface area contributed by atoms with Gasteiger partial charge in [0.15, 0.2) is 5.11 Å². The zero-order valence-corrected chi connectivity index (χ0v) is 12.7. The van der Waals surface area contributed by atoms with E-state index in [2.05, 4.69) is 24.7 Å². The maximum absolute atomic E-state index is 5.96. The highest BCUT2D eigenvalue weighted by Gasteiger charge is 2.02. The quantitative estimate of drug-likeness (QED) is 0.566. The van der Waals surface area contributed by atoms with E-state index < -0.39 is 0 Å². The molecule has 0 atom stereocenters. The molecular formula is C13H21ClN3S+. The molecule has 0 unspecified atom stereocenters. The van der Waals surface area contributed by atoms with Crippen LogP contribution in [0.15, 0.2) is 18.2 Å². The molecule has 0 radical (unpaired) electrons. The first-order valence-corrected chi connectivity index (χ1v) is 6.87. The summed E-state index contributed by atoms with van der Waals surface area (Å²) in [6.45, 7) is 4.04. The molecule has 0 fully saturated rings. The zero-order chi connectivity index (χ0) is 13.5. The largest absolute Gasteiger partial charge is 0.362 e. The van der Waals surface area contributed by atoms with Crippen LogP contribution in [0.2, 0.25) is 5.02 Å². The lowest BCUT2D eigenvalue weighted by atomic mass is 10.2. The summed E-state index contributed by atoms with van der Waals surface area (Å²) in [7, 11) is 4.29. The second-order valence-corrected chi connectivity index (χ2v) is 5.50. The average molecular weight is 287 g/mol. The fraction of sp³-hybridized carbons (Fsp3) is 0.462. The van der Waals surface area contributed by atoms with Gasteiger partial charge in [0.1, 0.15) is 0 Å². The molecule has 0 heterocycles. The summed E-state index contributed by atoms with van der Waals surface area (Å²) in [6, 6.07) is 5.73. The third-order valence-electron chi connectivity index (χ3n) is 2.59. The Labute approximate surface area is 120 Å². The average Bonchev–Trinajstić information content (AvgIpc) is 2.29. The number of rotatable bonds is 5. The van der Waals surface area contributed by atoms with Crippen molar-refractivity contribution in [3.8, 4) is 0 Å². The van der Waals surface area contributed by atoms with Crippen molar-refractivity contribution in [3.63, 3.8) is 0 Å². The number of aryl methyl sites for hydroxylation is 1. The first-order chi connectivity index (χ1) is 8.49. The minimum atomic E-state index is 0.647. The van der Waals surface area contributed by atoms with Crippen molar-refractivity contribution < 1.29 is 4.90 Å². The summed E-state index contributed by atoms with van der Waals surface area (Å²) >= 11 is 11.2. The van der Waals surface area contributed by atoms with Crippen molar-refractivity contribution >= 4 is 34.6 Å². The SMILES string of the molecule is Cc1ccc(Cl)cc1NC(=S)NCCC[NH+](C)C. The molecule has 100 valence electrons. The molecule has 0 saturated heterocycles. The summed E-state index contributed by atoms with van der Waals surface area (Å²) in [5.41, 5.74) is 2.08. The molecule has 1 aromatic rings. The summed E-state index contributed by atoms with van der Waals surface area (Å²) in [5, 5.41) is 7.72. The minimum absolute atomic E-state index is 0.647. The lowest BCUT2D eigenvalue weighted by molar-refractivity contribution is -0.858. The van der Waals surface area contributed by atoms with Crippen molar-refractivity contribution in [2.45, 2.75) is 13.3 Å². The highest BCUT2D eigenvalue weighted by molar-refractivity contribution is 7.80. The molecule has 1 rings (SSSR count). The maximum Gasteiger partial charge on any atom is 0.170 e.